The number of unbranched alkanes of at least 4 members (excludes halogenated alkanes) is 1. The van der Waals surface area contributed by atoms with E-state index in [0.717, 1.165) is 17.9 Å². The van der Waals surface area contributed by atoms with Crippen molar-refractivity contribution < 1.29 is 0 Å². The van der Waals surface area contributed by atoms with E-state index in [2.05, 4.69) is 40.1 Å². The molecule has 0 fully saturated rings. The van der Waals surface area contributed by atoms with Gasteiger partial charge in [-0.2, -0.15) is 0 Å². The van der Waals surface area contributed by atoms with Crippen LogP contribution >= 0.6 is 0 Å². The first-order valence-electron chi connectivity index (χ1n) is 6.81. The van der Waals surface area contributed by atoms with Crippen LogP contribution < -0.4 is 5.32 Å². The summed E-state index contributed by atoms with van der Waals surface area (Å²) in [7, 11) is 2.11. The highest BCUT2D eigenvalue weighted by atomic mass is 14.9. The molecule has 0 aromatic carbocycles. The van der Waals surface area contributed by atoms with E-state index in [1.165, 1.54) is 38.5 Å². The van der Waals surface area contributed by atoms with Crippen molar-refractivity contribution in [1.29, 1.82) is 0 Å². The quantitative estimate of drug-likeness (QED) is 0.604. The number of rotatable bonds is 9. The van der Waals surface area contributed by atoms with Gasteiger partial charge in [0.2, 0.25) is 0 Å². The number of nitrogens with one attached hydrogen (secondary N) is 1. The average Bonchev–Trinajstić information content (AvgIpc) is 2.21. The van der Waals surface area contributed by atoms with Crippen LogP contribution in [0.25, 0.3) is 0 Å². The van der Waals surface area contributed by atoms with Gasteiger partial charge in [-0.25, -0.2) is 0 Å². The summed E-state index contributed by atoms with van der Waals surface area (Å²) in [5.41, 5.74) is 0. The fourth-order valence-corrected chi connectivity index (χ4v) is 2.28. The van der Waals surface area contributed by atoms with Crippen LogP contribution in [0.3, 0.4) is 0 Å². The second-order valence-electron chi connectivity index (χ2n) is 5.27. The minimum Gasteiger partial charge on any atom is -0.317 e. The Morgan fingerprint density at radius 2 is 1.73 bits per heavy atom. The summed E-state index contributed by atoms with van der Waals surface area (Å²) in [6.45, 7) is 9.26. The van der Waals surface area contributed by atoms with Crippen molar-refractivity contribution in [3.63, 3.8) is 0 Å². The van der Waals surface area contributed by atoms with Gasteiger partial charge in [0.1, 0.15) is 0 Å². The first-order chi connectivity index (χ1) is 7.13. The van der Waals surface area contributed by atoms with E-state index in [4.69, 9.17) is 0 Å². The lowest BCUT2D eigenvalue weighted by atomic mass is 9.89. The van der Waals surface area contributed by atoms with Gasteiger partial charge >= 0.3 is 0 Å². The molecule has 1 N–H and O–H groups in total. The van der Waals surface area contributed by atoms with E-state index >= 15 is 0 Å². The molecule has 0 saturated heterocycles. The maximum atomic E-state index is 3.47. The average molecular weight is 213 g/mol. The Bertz CT molecular complexity index is 131. The topological polar surface area (TPSA) is 12.0 Å². The van der Waals surface area contributed by atoms with Crippen molar-refractivity contribution in [1.82, 2.24) is 5.32 Å². The van der Waals surface area contributed by atoms with Crippen molar-refractivity contribution in [2.45, 2.75) is 72.3 Å². The Morgan fingerprint density at radius 1 is 1.07 bits per heavy atom. The van der Waals surface area contributed by atoms with Gasteiger partial charge in [0.25, 0.3) is 0 Å². The maximum absolute atomic E-state index is 3.47. The molecule has 0 saturated carbocycles. The molecule has 15 heavy (non-hydrogen) atoms. The lowest BCUT2D eigenvalue weighted by molar-refractivity contribution is 0.327. The Labute approximate surface area is 97.0 Å². The molecule has 2 atom stereocenters. The van der Waals surface area contributed by atoms with Crippen molar-refractivity contribution in [3.8, 4) is 0 Å². The Hall–Kier alpha value is -0.0400. The highest BCUT2D eigenvalue weighted by molar-refractivity contribution is 4.71. The predicted octanol–water partition coefficient (Wildman–Crippen LogP) is 4.23. The molecule has 0 bridgehead atoms. The van der Waals surface area contributed by atoms with Crippen LogP contribution in [0, 0.1) is 11.8 Å². The zero-order valence-electron chi connectivity index (χ0n) is 11.5. The smallest absolute Gasteiger partial charge is 0.00691 e. The summed E-state index contributed by atoms with van der Waals surface area (Å²) in [6.07, 6.45) is 8.19. The van der Waals surface area contributed by atoms with E-state index in [0.29, 0.717) is 0 Å². The van der Waals surface area contributed by atoms with Crippen LogP contribution in [0.15, 0.2) is 0 Å². The first kappa shape index (κ1) is 15.0. The predicted molar refractivity (Wildman–Crippen MR) is 70.2 cm³/mol. The van der Waals surface area contributed by atoms with E-state index in [-0.39, 0.29) is 0 Å². The first-order valence-corrected chi connectivity index (χ1v) is 6.81. The zero-order valence-corrected chi connectivity index (χ0v) is 11.5. The summed E-state index contributed by atoms with van der Waals surface area (Å²) in [5.74, 6) is 1.74. The molecular weight excluding hydrogens is 182 g/mol. The second-order valence-corrected chi connectivity index (χ2v) is 5.27. The van der Waals surface area contributed by atoms with Gasteiger partial charge in [-0.05, 0) is 31.7 Å². The highest BCUT2D eigenvalue weighted by Gasteiger charge is 2.14. The lowest BCUT2D eigenvalue weighted by Gasteiger charge is -2.23. The Kier molecular flexibility index (Phi) is 9.18. The summed E-state index contributed by atoms with van der Waals surface area (Å²) in [4.78, 5) is 0. The monoisotopic (exact) mass is 213 g/mol. The molecule has 0 amide bonds. The van der Waals surface area contributed by atoms with Gasteiger partial charge in [-0.1, -0.05) is 53.4 Å². The molecule has 1 nitrogen and oxygen atoms in total. The van der Waals surface area contributed by atoms with Crippen molar-refractivity contribution in [2.75, 3.05) is 7.05 Å². The second kappa shape index (κ2) is 9.21. The van der Waals surface area contributed by atoms with Gasteiger partial charge in [-0.15, -0.1) is 0 Å². The van der Waals surface area contributed by atoms with Crippen LogP contribution in [0.5, 0.6) is 0 Å². The Balaban J connectivity index is 3.88. The van der Waals surface area contributed by atoms with Crippen LogP contribution in [0.4, 0.5) is 0 Å². The van der Waals surface area contributed by atoms with E-state index in [1.807, 2.05) is 0 Å². The molecule has 0 heterocycles. The van der Waals surface area contributed by atoms with Gasteiger partial charge in [0.05, 0.1) is 0 Å². The third-order valence-electron chi connectivity index (χ3n) is 3.33. The summed E-state index contributed by atoms with van der Waals surface area (Å²) >= 11 is 0. The van der Waals surface area contributed by atoms with Crippen LogP contribution in [-0.4, -0.2) is 13.1 Å². The van der Waals surface area contributed by atoms with Crippen molar-refractivity contribution in [2.24, 2.45) is 11.8 Å². The maximum Gasteiger partial charge on any atom is 0.00691 e. The summed E-state index contributed by atoms with van der Waals surface area (Å²) in [6, 6.07) is 0.729. The van der Waals surface area contributed by atoms with Crippen molar-refractivity contribution in [3.05, 3.63) is 0 Å². The summed E-state index contributed by atoms with van der Waals surface area (Å²) in [5, 5.41) is 3.47. The van der Waals surface area contributed by atoms with Gasteiger partial charge in [-0.3, -0.25) is 0 Å². The zero-order chi connectivity index (χ0) is 11.7. The molecule has 0 aromatic heterocycles. The molecule has 0 aromatic rings. The van der Waals surface area contributed by atoms with Gasteiger partial charge < -0.3 is 5.32 Å². The Morgan fingerprint density at radius 3 is 2.13 bits per heavy atom. The normalized spacial score (nSPS) is 15.6. The molecule has 2 unspecified atom stereocenters. The molecule has 1 heteroatoms. The molecular formula is C14H31N. The largest absolute Gasteiger partial charge is 0.317 e. The fraction of sp³-hybridized carbons (Fsp3) is 1.00. The molecule has 0 aliphatic carbocycles. The molecule has 0 aliphatic heterocycles. The fourth-order valence-electron chi connectivity index (χ4n) is 2.28. The number of hydrogen-bond donors (Lipinski definition) is 1. The third kappa shape index (κ3) is 7.84. The van der Waals surface area contributed by atoms with Gasteiger partial charge in [0.15, 0.2) is 0 Å². The number of hydrogen-bond acceptors (Lipinski definition) is 1. The molecule has 0 aliphatic rings. The lowest BCUT2D eigenvalue weighted by Crippen LogP contribution is -2.29. The molecule has 0 radical (unpaired) electrons. The molecule has 0 rings (SSSR count). The third-order valence-corrected chi connectivity index (χ3v) is 3.33. The van der Waals surface area contributed by atoms with E-state index in [1.54, 1.807) is 0 Å². The van der Waals surface area contributed by atoms with Crippen LogP contribution in [0.1, 0.15) is 66.2 Å². The molecule has 92 valence electrons. The minimum atomic E-state index is 0.729. The van der Waals surface area contributed by atoms with E-state index < -0.39 is 0 Å². The highest BCUT2D eigenvalue weighted by Crippen LogP contribution is 2.21. The minimum absolute atomic E-state index is 0.729. The van der Waals surface area contributed by atoms with Crippen LogP contribution in [-0.2, 0) is 0 Å². The SMILES string of the molecule is CCCCC(CC)CC(CC(C)C)NC. The molecule has 0 spiro atoms. The van der Waals surface area contributed by atoms with E-state index in [9.17, 15) is 0 Å². The summed E-state index contributed by atoms with van der Waals surface area (Å²) < 4.78 is 0. The van der Waals surface area contributed by atoms with Crippen LogP contribution in [0.2, 0.25) is 0 Å². The standard InChI is InChI=1S/C14H31N/c1-6-8-9-13(7-2)11-14(15-5)10-12(3)4/h12-15H,6-11H2,1-5H3. The van der Waals surface area contributed by atoms with Gasteiger partial charge in [0, 0.05) is 6.04 Å². The van der Waals surface area contributed by atoms with Crippen molar-refractivity contribution >= 4 is 0 Å².